The summed E-state index contributed by atoms with van der Waals surface area (Å²) in [5.41, 5.74) is 0.168. The van der Waals surface area contributed by atoms with Crippen LogP contribution in [0.2, 0.25) is 0 Å². The Labute approximate surface area is 144 Å². The summed E-state index contributed by atoms with van der Waals surface area (Å²) >= 11 is 0. The molecule has 25 heavy (non-hydrogen) atoms. The lowest BCUT2D eigenvalue weighted by Crippen LogP contribution is -2.32. The van der Waals surface area contributed by atoms with Crippen LogP contribution in [0, 0.1) is 11.6 Å². The third kappa shape index (κ3) is 2.92. The number of amides is 1. The number of hydrogen-bond donors (Lipinski definition) is 0. The number of benzene rings is 1. The van der Waals surface area contributed by atoms with Crippen LogP contribution in [0.5, 0.6) is 0 Å². The first-order valence-electron chi connectivity index (χ1n) is 8.83. The summed E-state index contributed by atoms with van der Waals surface area (Å²) in [7, 11) is 0. The van der Waals surface area contributed by atoms with Gasteiger partial charge in [-0.15, -0.1) is 10.2 Å². The van der Waals surface area contributed by atoms with Gasteiger partial charge in [-0.2, -0.15) is 0 Å². The van der Waals surface area contributed by atoms with Crippen LogP contribution in [0.1, 0.15) is 60.2 Å². The molecule has 1 aromatic carbocycles. The molecule has 5 nitrogen and oxygen atoms in total. The van der Waals surface area contributed by atoms with Gasteiger partial charge in [0.15, 0.2) is 17.5 Å². The summed E-state index contributed by atoms with van der Waals surface area (Å²) < 4.78 is 28.8. The Balaban J connectivity index is 1.63. The van der Waals surface area contributed by atoms with Crippen LogP contribution in [-0.2, 0) is 13.0 Å². The van der Waals surface area contributed by atoms with Crippen LogP contribution < -0.4 is 0 Å². The van der Waals surface area contributed by atoms with Crippen molar-refractivity contribution in [1.82, 2.24) is 19.7 Å². The van der Waals surface area contributed by atoms with Crippen LogP contribution in [0.4, 0.5) is 8.78 Å². The van der Waals surface area contributed by atoms with E-state index in [2.05, 4.69) is 14.8 Å². The quantitative estimate of drug-likeness (QED) is 0.839. The van der Waals surface area contributed by atoms with Crippen LogP contribution >= 0.6 is 0 Å². The summed E-state index contributed by atoms with van der Waals surface area (Å²) in [5.74, 6) is -0.424. The summed E-state index contributed by atoms with van der Waals surface area (Å²) in [4.78, 5) is 14.5. The minimum atomic E-state index is -1.00. The third-order valence-corrected chi connectivity index (χ3v) is 5.12. The van der Waals surface area contributed by atoms with Gasteiger partial charge in [0.1, 0.15) is 5.82 Å². The predicted octanol–water partition coefficient (Wildman–Crippen LogP) is 3.26. The molecule has 0 spiro atoms. The Morgan fingerprint density at radius 2 is 1.92 bits per heavy atom. The van der Waals surface area contributed by atoms with Gasteiger partial charge in [0.05, 0.1) is 6.04 Å². The number of carbonyl (C=O) groups is 1. The van der Waals surface area contributed by atoms with E-state index in [1.165, 1.54) is 12.5 Å². The van der Waals surface area contributed by atoms with Crippen molar-refractivity contribution in [2.45, 2.75) is 51.1 Å². The summed E-state index contributed by atoms with van der Waals surface area (Å²) in [5, 5.41) is 8.68. The molecule has 0 radical (unpaired) electrons. The molecule has 1 aromatic heterocycles. The number of fused-ring (bicyclic) bond motifs is 1. The lowest BCUT2D eigenvalue weighted by molar-refractivity contribution is 0.0726. The van der Waals surface area contributed by atoms with Crippen molar-refractivity contribution in [1.29, 1.82) is 0 Å². The molecular formula is C18H20F2N4O. The van der Waals surface area contributed by atoms with Crippen molar-refractivity contribution >= 4 is 5.91 Å². The minimum Gasteiger partial charge on any atom is -0.328 e. The number of likely N-dealkylation sites (tertiary alicyclic amines) is 1. The smallest absolute Gasteiger partial charge is 0.254 e. The lowest BCUT2D eigenvalue weighted by atomic mass is 10.1. The van der Waals surface area contributed by atoms with Gasteiger partial charge in [-0.3, -0.25) is 4.79 Å². The average molecular weight is 346 g/mol. The van der Waals surface area contributed by atoms with Gasteiger partial charge in [0.25, 0.3) is 5.91 Å². The second-order valence-electron chi connectivity index (χ2n) is 6.72. The molecular weight excluding hydrogens is 326 g/mol. The fourth-order valence-electron chi connectivity index (χ4n) is 3.83. The summed E-state index contributed by atoms with van der Waals surface area (Å²) in [6, 6.07) is 3.15. The highest BCUT2D eigenvalue weighted by Gasteiger charge is 2.35. The summed E-state index contributed by atoms with van der Waals surface area (Å²) in [6.45, 7) is 1.46. The Morgan fingerprint density at radius 3 is 2.76 bits per heavy atom. The predicted molar refractivity (Wildman–Crippen MR) is 86.9 cm³/mol. The fraction of sp³-hybridized carbons (Fsp3) is 0.500. The van der Waals surface area contributed by atoms with E-state index in [4.69, 9.17) is 0 Å². The molecule has 2 aliphatic heterocycles. The Kier molecular flexibility index (Phi) is 4.23. The van der Waals surface area contributed by atoms with Crippen LogP contribution in [-0.4, -0.2) is 32.1 Å². The molecule has 2 aliphatic rings. The van der Waals surface area contributed by atoms with E-state index in [1.807, 2.05) is 0 Å². The molecule has 1 fully saturated rings. The largest absolute Gasteiger partial charge is 0.328 e. The van der Waals surface area contributed by atoms with E-state index in [-0.39, 0.29) is 17.5 Å². The third-order valence-electron chi connectivity index (χ3n) is 5.12. The second-order valence-corrected chi connectivity index (χ2v) is 6.72. The number of hydrogen-bond acceptors (Lipinski definition) is 3. The topological polar surface area (TPSA) is 51.0 Å². The van der Waals surface area contributed by atoms with E-state index in [0.29, 0.717) is 6.54 Å². The molecule has 0 bridgehead atoms. The Morgan fingerprint density at radius 1 is 1.04 bits per heavy atom. The van der Waals surface area contributed by atoms with E-state index in [9.17, 15) is 13.6 Å². The first kappa shape index (κ1) is 16.2. The van der Waals surface area contributed by atoms with Crippen molar-refractivity contribution in [2.24, 2.45) is 0 Å². The van der Waals surface area contributed by atoms with E-state index in [0.717, 1.165) is 62.4 Å². The molecule has 1 saturated heterocycles. The van der Waals surface area contributed by atoms with Gasteiger partial charge in [-0.05, 0) is 43.9 Å². The Bertz CT molecular complexity index is 804. The van der Waals surface area contributed by atoms with Gasteiger partial charge in [-0.1, -0.05) is 6.42 Å². The normalized spacial score (nSPS) is 20.4. The van der Waals surface area contributed by atoms with Crippen LogP contribution in [0.3, 0.4) is 0 Å². The molecule has 132 valence electrons. The molecule has 4 rings (SSSR count). The van der Waals surface area contributed by atoms with Gasteiger partial charge in [0, 0.05) is 25.1 Å². The maximum atomic E-state index is 13.5. The SMILES string of the molecule is O=C(c1ccc(F)c(F)c1)N1CCC[C@@H]1c1nnc2n1CCCCC2. The summed E-state index contributed by atoms with van der Waals surface area (Å²) in [6.07, 6.45) is 5.96. The van der Waals surface area contributed by atoms with Crippen molar-refractivity contribution < 1.29 is 13.6 Å². The molecule has 0 N–H and O–H groups in total. The molecule has 0 saturated carbocycles. The molecule has 2 aromatic rings. The van der Waals surface area contributed by atoms with Crippen molar-refractivity contribution in [3.8, 4) is 0 Å². The minimum absolute atomic E-state index is 0.153. The molecule has 0 unspecified atom stereocenters. The van der Waals surface area contributed by atoms with Crippen molar-refractivity contribution in [3.63, 3.8) is 0 Å². The molecule has 1 amide bonds. The molecule has 3 heterocycles. The zero-order chi connectivity index (χ0) is 17.4. The first-order chi connectivity index (χ1) is 12.1. The molecule has 1 atom stereocenters. The standard InChI is InChI=1S/C18H20F2N4O/c19-13-8-7-12(11-14(13)20)18(25)23-10-4-5-15(23)17-22-21-16-6-2-1-3-9-24(16)17/h7-8,11,15H,1-6,9-10H2/t15-/m1/s1. The van der Waals surface area contributed by atoms with Crippen LogP contribution in [0.15, 0.2) is 18.2 Å². The van der Waals surface area contributed by atoms with Gasteiger partial charge in [0.2, 0.25) is 0 Å². The van der Waals surface area contributed by atoms with Crippen molar-refractivity contribution in [3.05, 3.63) is 47.0 Å². The highest BCUT2D eigenvalue weighted by molar-refractivity contribution is 5.94. The van der Waals surface area contributed by atoms with Gasteiger partial charge in [-0.25, -0.2) is 8.78 Å². The van der Waals surface area contributed by atoms with Crippen molar-refractivity contribution in [2.75, 3.05) is 6.54 Å². The maximum Gasteiger partial charge on any atom is 0.254 e. The van der Waals surface area contributed by atoms with Gasteiger partial charge < -0.3 is 9.47 Å². The highest BCUT2D eigenvalue weighted by atomic mass is 19.2. The number of aromatic nitrogens is 3. The monoisotopic (exact) mass is 346 g/mol. The Hall–Kier alpha value is -2.31. The molecule has 7 heteroatoms. The zero-order valence-electron chi connectivity index (χ0n) is 13.9. The lowest BCUT2D eigenvalue weighted by Gasteiger charge is -2.25. The zero-order valence-corrected chi connectivity index (χ0v) is 13.9. The van der Waals surface area contributed by atoms with Crippen LogP contribution in [0.25, 0.3) is 0 Å². The number of nitrogens with zero attached hydrogens (tertiary/aromatic N) is 4. The fourth-order valence-corrected chi connectivity index (χ4v) is 3.83. The first-order valence-corrected chi connectivity index (χ1v) is 8.83. The average Bonchev–Trinajstić information content (AvgIpc) is 3.17. The van der Waals surface area contributed by atoms with E-state index < -0.39 is 11.6 Å². The number of rotatable bonds is 2. The highest BCUT2D eigenvalue weighted by Crippen LogP contribution is 2.33. The second kappa shape index (κ2) is 6.54. The number of carbonyl (C=O) groups excluding carboxylic acids is 1. The maximum absolute atomic E-state index is 13.5. The van der Waals surface area contributed by atoms with E-state index >= 15 is 0 Å². The van der Waals surface area contributed by atoms with Gasteiger partial charge >= 0.3 is 0 Å². The number of aryl methyl sites for hydroxylation is 1. The number of halogens is 2. The van der Waals surface area contributed by atoms with E-state index in [1.54, 1.807) is 4.90 Å². The molecule has 0 aliphatic carbocycles.